The first-order chi connectivity index (χ1) is 10.1. The second kappa shape index (κ2) is 5.54. The van der Waals surface area contributed by atoms with E-state index >= 15 is 0 Å². The molecule has 1 saturated carbocycles. The quantitative estimate of drug-likeness (QED) is 0.832. The van der Waals surface area contributed by atoms with Crippen LogP contribution in [0, 0.1) is 17.2 Å². The molecular formula is C18H20N2S. The number of nitrogens with one attached hydrogen (secondary N) is 1. The second-order valence-corrected chi connectivity index (χ2v) is 7.27. The first-order valence-corrected chi connectivity index (χ1v) is 8.30. The van der Waals surface area contributed by atoms with E-state index in [4.69, 9.17) is 0 Å². The Hall–Kier alpha value is -1.79. The SMILES string of the molecule is CC(C)(C#N)c1ccc(NC(c2cccs2)C2CC2)cc1. The summed E-state index contributed by atoms with van der Waals surface area (Å²) < 4.78 is 0. The summed E-state index contributed by atoms with van der Waals surface area (Å²) in [7, 11) is 0. The number of nitriles is 1. The van der Waals surface area contributed by atoms with Crippen LogP contribution in [0.5, 0.6) is 0 Å². The lowest BCUT2D eigenvalue weighted by Gasteiger charge is -2.20. The maximum absolute atomic E-state index is 9.20. The molecule has 0 aliphatic heterocycles. The molecule has 1 aliphatic rings. The molecule has 1 unspecified atom stereocenters. The van der Waals surface area contributed by atoms with Crippen molar-refractivity contribution in [3.05, 3.63) is 52.2 Å². The van der Waals surface area contributed by atoms with Gasteiger partial charge in [0.15, 0.2) is 0 Å². The van der Waals surface area contributed by atoms with Crippen LogP contribution in [0.4, 0.5) is 5.69 Å². The van der Waals surface area contributed by atoms with Crippen molar-refractivity contribution in [1.29, 1.82) is 5.26 Å². The third-order valence-corrected chi connectivity index (χ3v) is 5.11. The van der Waals surface area contributed by atoms with Crippen LogP contribution >= 0.6 is 11.3 Å². The van der Waals surface area contributed by atoms with Gasteiger partial charge in [0.1, 0.15) is 0 Å². The van der Waals surface area contributed by atoms with Crippen molar-refractivity contribution in [2.75, 3.05) is 5.32 Å². The van der Waals surface area contributed by atoms with Crippen LogP contribution in [0.2, 0.25) is 0 Å². The minimum absolute atomic E-state index is 0.428. The predicted molar refractivity (Wildman–Crippen MR) is 88.5 cm³/mol. The summed E-state index contributed by atoms with van der Waals surface area (Å²) in [5.74, 6) is 0.763. The third-order valence-electron chi connectivity index (χ3n) is 4.15. The summed E-state index contributed by atoms with van der Waals surface area (Å²) >= 11 is 1.82. The lowest BCUT2D eigenvalue weighted by atomic mass is 9.86. The lowest BCUT2D eigenvalue weighted by molar-refractivity contribution is 0.683. The van der Waals surface area contributed by atoms with Crippen LogP contribution in [0.3, 0.4) is 0 Å². The van der Waals surface area contributed by atoms with Gasteiger partial charge in [0.2, 0.25) is 0 Å². The number of benzene rings is 1. The zero-order valence-electron chi connectivity index (χ0n) is 12.5. The van der Waals surface area contributed by atoms with E-state index in [0.717, 1.165) is 17.2 Å². The van der Waals surface area contributed by atoms with Crippen LogP contribution in [0.1, 0.15) is 43.2 Å². The van der Waals surface area contributed by atoms with Crippen molar-refractivity contribution < 1.29 is 0 Å². The zero-order valence-corrected chi connectivity index (χ0v) is 13.3. The highest BCUT2D eigenvalue weighted by molar-refractivity contribution is 7.10. The standard InChI is InChI=1S/C18H20N2S/c1-18(2,12-19)14-7-9-15(10-8-14)20-17(13-5-6-13)16-4-3-11-21-16/h3-4,7-11,13,17,20H,5-6H2,1-2H3. The molecular weight excluding hydrogens is 276 g/mol. The van der Waals surface area contributed by atoms with Crippen LogP contribution in [-0.2, 0) is 5.41 Å². The van der Waals surface area contributed by atoms with E-state index in [2.05, 4.69) is 53.2 Å². The van der Waals surface area contributed by atoms with Crippen molar-refractivity contribution >= 4 is 17.0 Å². The first-order valence-electron chi connectivity index (χ1n) is 7.42. The van der Waals surface area contributed by atoms with Gasteiger partial charge in [-0.25, -0.2) is 0 Å². The largest absolute Gasteiger partial charge is 0.377 e. The van der Waals surface area contributed by atoms with Gasteiger partial charge >= 0.3 is 0 Å². The molecule has 1 atom stereocenters. The molecule has 0 spiro atoms. The third kappa shape index (κ3) is 3.11. The lowest BCUT2D eigenvalue weighted by Crippen LogP contribution is -2.14. The van der Waals surface area contributed by atoms with Crippen LogP contribution < -0.4 is 5.32 Å². The molecule has 0 saturated heterocycles. The number of hydrogen-bond acceptors (Lipinski definition) is 3. The van der Waals surface area contributed by atoms with E-state index in [9.17, 15) is 5.26 Å². The van der Waals surface area contributed by atoms with E-state index in [1.807, 2.05) is 25.2 Å². The zero-order chi connectivity index (χ0) is 14.9. The fraction of sp³-hybridized carbons (Fsp3) is 0.389. The fourth-order valence-corrected chi connectivity index (χ4v) is 3.42. The molecule has 1 aromatic carbocycles. The molecule has 108 valence electrons. The molecule has 2 aromatic rings. The molecule has 21 heavy (non-hydrogen) atoms. The Bertz CT molecular complexity index is 631. The Morgan fingerprint density at radius 2 is 1.95 bits per heavy atom. The molecule has 0 amide bonds. The van der Waals surface area contributed by atoms with E-state index in [-0.39, 0.29) is 0 Å². The van der Waals surface area contributed by atoms with Crippen molar-refractivity contribution in [1.82, 2.24) is 0 Å². The summed E-state index contributed by atoms with van der Waals surface area (Å²) in [5, 5.41) is 15.0. The van der Waals surface area contributed by atoms with Crippen molar-refractivity contribution in [3.63, 3.8) is 0 Å². The highest BCUT2D eigenvalue weighted by atomic mass is 32.1. The average molecular weight is 296 g/mol. The van der Waals surface area contributed by atoms with Gasteiger partial charge in [-0.2, -0.15) is 5.26 Å². The van der Waals surface area contributed by atoms with Crippen molar-refractivity contribution in [2.24, 2.45) is 5.92 Å². The molecule has 1 aromatic heterocycles. The molecule has 3 heteroatoms. The van der Waals surface area contributed by atoms with Gasteiger partial charge in [-0.3, -0.25) is 0 Å². The minimum atomic E-state index is -0.428. The molecule has 0 radical (unpaired) electrons. The van der Waals surface area contributed by atoms with Gasteiger partial charge in [-0.1, -0.05) is 18.2 Å². The molecule has 1 N–H and O–H groups in total. The first kappa shape index (κ1) is 14.2. The second-order valence-electron chi connectivity index (χ2n) is 6.29. The van der Waals surface area contributed by atoms with E-state index in [1.165, 1.54) is 17.7 Å². The molecule has 1 fully saturated rings. The summed E-state index contributed by atoms with van der Waals surface area (Å²) in [6.07, 6.45) is 2.63. The highest BCUT2D eigenvalue weighted by Gasteiger charge is 2.33. The van der Waals surface area contributed by atoms with Gasteiger partial charge in [-0.05, 0) is 61.7 Å². The van der Waals surface area contributed by atoms with E-state index < -0.39 is 5.41 Å². The summed E-state index contributed by atoms with van der Waals surface area (Å²) in [6.45, 7) is 3.90. The number of anilines is 1. The minimum Gasteiger partial charge on any atom is -0.377 e. The Morgan fingerprint density at radius 1 is 1.24 bits per heavy atom. The van der Waals surface area contributed by atoms with Gasteiger partial charge in [0.05, 0.1) is 17.5 Å². The fourth-order valence-electron chi connectivity index (χ4n) is 2.55. The van der Waals surface area contributed by atoms with Crippen LogP contribution in [0.25, 0.3) is 0 Å². The molecule has 2 nitrogen and oxygen atoms in total. The highest BCUT2D eigenvalue weighted by Crippen LogP contribution is 2.44. The maximum Gasteiger partial charge on any atom is 0.0766 e. The number of hydrogen-bond donors (Lipinski definition) is 1. The van der Waals surface area contributed by atoms with Crippen molar-refractivity contribution in [2.45, 2.75) is 38.1 Å². The molecule has 1 heterocycles. The maximum atomic E-state index is 9.20. The van der Waals surface area contributed by atoms with Crippen LogP contribution in [0.15, 0.2) is 41.8 Å². The monoisotopic (exact) mass is 296 g/mol. The normalized spacial score (nSPS) is 16.2. The smallest absolute Gasteiger partial charge is 0.0766 e. The molecule has 1 aliphatic carbocycles. The Balaban J connectivity index is 1.77. The Morgan fingerprint density at radius 3 is 2.48 bits per heavy atom. The summed E-state index contributed by atoms with van der Waals surface area (Å²) in [6, 6.07) is 15.4. The average Bonchev–Trinajstić information content (AvgIpc) is 3.19. The van der Waals surface area contributed by atoms with Gasteiger partial charge in [0.25, 0.3) is 0 Å². The number of thiophene rings is 1. The van der Waals surface area contributed by atoms with Gasteiger partial charge in [0, 0.05) is 10.6 Å². The Labute approximate surface area is 130 Å². The van der Waals surface area contributed by atoms with E-state index in [0.29, 0.717) is 6.04 Å². The topological polar surface area (TPSA) is 35.8 Å². The molecule has 0 bridgehead atoms. The van der Waals surface area contributed by atoms with Gasteiger partial charge < -0.3 is 5.32 Å². The van der Waals surface area contributed by atoms with E-state index in [1.54, 1.807) is 0 Å². The number of nitrogens with zero attached hydrogens (tertiary/aromatic N) is 1. The predicted octanol–water partition coefficient (Wildman–Crippen LogP) is 5.11. The van der Waals surface area contributed by atoms with Gasteiger partial charge in [-0.15, -0.1) is 11.3 Å². The Kier molecular flexibility index (Phi) is 3.73. The molecule has 3 rings (SSSR count). The summed E-state index contributed by atoms with van der Waals surface area (Å²) in [4.78, 5) is 1.42. The van der Waals surface area contributed by atoms with Crippen molar-refractivity contribution in [3.8, 4) is 6.07 Å². The number of rotatable bonds is 5. The van der Waals surface area contributed by atoms with Crippen LogP contribution in [-0.4, -0.2) is 0 Å². The summed E-state index contributed by atoms with van der Waals surface area (Å²) in [5.41, 5.74) is 1.77.